The summed E-state index contributed by atoms with van der Waals surface area (Å²) in [6.07, 6.45) is 4.88. The normalized spacial score (nSPS) is 10.1. The summed E-state index contributed by atoms with van der Waals surface area (Å²) in [5, 5.41) is 8.94. The summed E-state index contributed by atoms with van der Waals surface area (Å²) in [6, 6.07) is 3.56. The molecule has 0 fully saturated rings. The van der Waals surface area contributed by atoms with Crippen LogP contribution in [-0.4, -0.2) is 11.6 Å². The van der Waals surface area contributed by atoms with Gasteiger partial charge in [0.25, 0.3) is 0 Å². The summed E-state index contributed by atoms with van der Waals surface area (Å²) in [7, 11) is 0. The second-order valence-corrected chi connectivity index (χ2v) is 2.88. The van der Waals surface area contributed by atoms with Crippen LogP contribution < -0.4 is 0 Å². The molecule has 0 N–H and O–H groups in total. The number of nitriles is 1. The summed E-state index contributed by atoms with van der Waals surface area (Å²) < 4.78 is 5.02. The lowest BCUT2D eigenvalue weighted by atomic mass is 10.2. The highest BCUT2D eigenvalue weighted by molar-refractivity contribution is 6.31. The van der Waals surface area contributed by atoms with Crippen molar-refractivity contribution in [3.05, 3.63) is 34.8 Å². The van der Waals surface area contributed by atoms with E-state index in [4.69, 9.17) is 21.6 Å². The highest BCUT2D eigenvalue weighted by Crippen LogP contribution is 2.14. The van der Waals surface area contributed by atoms with Crippen molar-refractivity contribution in [3.8, 4) is 6.07 Å². The maximum absolute atomic E-state index is 8.58. The highest BCUT2D eigenvalue weighted by Gasteiger charge is 1.99. The summed E-state index contributed by atoms with van der Waals surface area (Å²) in [5.74, 6) is 0. The third-order valence-electron chi connectivity index (χ3n) is 1.49. The van der Waals surface area contributed by atoms with Gasteiger partial charge in [0.05, 0.1) is 17.9 Å². The van der Waals surface area contributed by atoms with Gasteiger partial charge < -0.3 is 4.74 Å². The summed E-state index contributed by atoms with van der Waals surface area (Å²) in [5.41, 5.74) is 1.04. The first kappa shape index (κ1) is 10.6. The van der Waals surface area contributed by atoms with Crippen molar-refractivity contribution in [3.63, 3.8) is 0 Å². The van der Waals surface area contributed by atoms with Crippen LogP contribution in [0.15, 0.2) is 18.5 Å². The van der Waals surface area contributed by atoms with E-state index >= 15 is 0 Å². The monoisotopic (exact) mass is 208 g/mol. The van der Waals surface area contributed by atoms with Crippen molar-refractivity contribution in [2.75, 3.05) is 6.61 Å². The van der Waals surface area contributed by atoms with Crippen LogP contribution in [0.25, 0.3) is 6.08 Å². The Balaban J connectivity index is 2.82. The van der Waals surface area contributed by atoms with E-state index in [1.54, 1.807) is 24.6 Å². The quantitative estimate of drug-likeness (QED) is 0.718. The summed E-state index contributed by atoms with van der Waals surface area (Å²) in [6.45, 7) is 2.52. The maximum atomic E-state index is 8.58. The molecule has 0 aromatic carbocycles. The molecular weight excluding hydrogens is 200 g/mol. The van der Waals surface area contributed by atoms with Crippen molar-refractivity contribution in [1.29, 1.82) is 5.26 Å². The second kappa shape index (κ2) is 5.25. The SMILES string of the molecule is CCO/C=C\c1cnc(C#N)c(Cl)c1. The minimum absolute atomic E-state index is 0.236. The van der Waals surface area contributed by atoms with Crippen molar-refractivity contribution < 1.29 is 4.74 Å². The third-order valence-corrected chi connectivity index (χ3v) is 1.78. The molecule has 14 heavy (non-hydrogen) atoms. The smallest absolute Gasteiger partial charge is 0.159 e. The van der Waals surface area contributed by atoms with Crippen molar-refractivity contribution in [1.82, 2.24) is 4.98 Å². The average Bonchev–Trinajstić information content (AvgIpc) is 2.18. The van der Waals surface area contributed by atoms with Gasteiger partial charge in [0, 0.05) is 6.20 Å². The molecule has 0 spiro atoms. The van der Waals surface area contributed by atoms with Gasteiger partial charge in [0.1, 0.15) is 6.07 Å². The van der Waals surface area contributed by atoms with Crippen LogP contribution in [0.1, 0.15) is 18.2 Å². The van der Waals surface area contributed by atoms with Crippen LogP contribution in [0, 0.1) is 11.3 Å². The Bertz CT molecular complexity index is 382. The fourth-order valence-electron chi connectivity index (χ4n) is 0.849. The topological polar surface area (TPSA) is 45.9 Å². The molecule has 0 saturated carbocycles. The zero-order valence-electron chi connectivity index (χ0n) is 7.70. The zero-order chi connectivity index (χ0) is 10.4. The lowest BCUT2D eigenvalue weighted by Gasteiger charge is -1.96. The van der Waals surface area contributed by atoms with Crippen LogP contribution in [0.5, 0.6) is 0 Å². The van der Waals surface area contributed by atoms with Crippen LogP contribution in [0.3, 0.4) is 0 Å². The number of rotatable bonds is 3. The number of hydrogen-bond acceptors (Lipinski definition) is 3. The first-order valence-corrected chi connectivity index (χ1v) is 4.49. The van der Waals surface area contributed by atoms with Gasteiger partial charge >= 0.3 is 0 Å². The van der Waals surface area contributed by atoms with Gasteiger partial charge in [-0.25, -0.2) is 4.98 Å². The van der Waals surface area contributed by atoms with Gasteiger partial charge in [-0.1, -0.05) is 11.6 Å². The molecular formula is C10H9ClN2O. The molecule has 72 valence electrons. The van der Waals surface area contributed by atoms with Gasteiger partial charge in [-0.05, 0) is 24.6 Å². The summed E-state index contributed by atoms with van der Waals surface area (Å²) >= 11 is 5.78. The fourth-order valence-corrected chi connectivity index (χ4v) is 1.07. The number of nitrogens with zero attached hydrogens (tertiary/aromatic N) is 2. The van der Waals surface area contributed by atoms with Gasteiger partial charge in [-0.3, -0.25) is 0 Å². The number of ether oxygens (including phenoxy) is 1. The Kier molecular flexibility index (Phi) is 3.96. The van der Waals surface area contributed by atoms with E-state index < -0.39 is 0 Å². The molecule has 0 unspecified atom stereocenters. The molecule has 4 heteroatoms. The molecule has 0 atom stereocenters. The Morgan fingerprint density at radius 2 is 2.50 bits per heavy atom. The third kappa shape index (κ3) is 2.75. The van der Waals surface area contributed by atoms with E-state index in [9.17, 15) is 0 Å². The molecule has 0 aliphatic rings. The van der Waals surface area contributed by atoms with Gasteiger partial charge in [0.15, 0.2) is 5.69 Å². The van der Waals surface area contributed by atoms with Crippen molar-refractivity contribution in [2.45, 2.75) is 6.92 Å². The lowest BCUT2D eigenvalue weighted by Crippen LogP contribution is -1.85. The molecule has 0 aliphatic carbocycles. The van der Waals surface area contributed by atoms with E-state index in [1.807, 2.05) is 13.0 Å². The highest BCUT2D eigenvalue weighted by atomic mass is 35.5. The number of halogens is 1. The molecule has 0 radical (unpaired) electrons. The van der Waals surface area contributed by atoms with E-state index in [0.717, 1.165) is 5.56 Å². The number of aromatic nitrogens is 1. The molecule has 0 saturated heterocycles. The first-order chi connectivity index (χ1) is 6.77. The van der Waals surface area contributed by atoms with E-state index in [1.165, 1.54) is 0 Å². The molecule has 0 aliphatic heterocycles. The standard InChI is InChI=1S/C10H9ClN2O/c1-2-14-4-3-8-5-9(11)10(6-12)13-7-8/h3-5,7H,2H2,1H3/b4-3-. The van der Waals surface area contributed by atoms with Crippen LogP contribution >= 0.6 is 11.6 Å². The average molecular weight is 209 g/mol. The lowest BCUT2D eigenvalue weighted by molar-refractivity contribution is 0.272. The Hall–Kier alpha value is -1.53. The first-order valence-electron chi connectivity index (χ1n) is 4.11. The molecule has 1 heterocycles. The van der Waals surface area contributed by atoms with E-state index in [-0.39, 0.29) is 5.69 Å². The second-order valence-electron chi connectivity index (χ2n) is 2.47. The predicted octanol–water partition coefficient (Wildman–Crippen LogP) is 2.61. The van der Waals surface area contributed by atoms with Crippen molar-refractivity contribution >= 4 is 17.7 Å². The van der Waals surface area contributed by atoms with E-state index in [0.29, 0.717) is 11.6 Å². The fraction of sp³-hybridized carbons (Fsp3) is 0.200. The molecule has 3 nitrogen and oxygen atoms in total. The Morgan fingerprint density at radius 3 is 3.07 bits per heavy atom. The molecule has 1 aromatic heterocycles. The summed E-state index contributed by atoms with van der Waals surface area (Å²) in [4.78, 5) is 3.88. The minimum atomic E-state index is 0.236. The van der Waals surface area contributed by atoms with Crippen molar-refractivity contribution in [2.24, 2.45) is 0 Å². The molecule has 0 bridgehead atoms. The minimum Gasteiger partial charge on any atom is -0.501 e. The Morgan fingerprint density at radius 1 is 1.71 bits per heavy atom. The molecule has 1 aromatic rings. The predicted molar refractivity (Wildman–Crippen MR) is 54.6 cm³/mol. The zero-order valence-corrected chi connectivity index (χ0v) is 8.45. The molecule has 0 amide bonds. The number of hydrogen-bond donors (Lipinski definition) is 0. The van der Waals surface area contributed by atoms with Gasteiger partial charge in [-0.15, -0.1) is 0 Å². The van der Waals surface area contributed by atoms with Gasteiger partial charge in [-0.2, -0.15) is 5.26 Å². The number of pyridine rings is 1. The van der Waals surface area contributed by atoms with Crippen LogP contribution in [-0.2, 0) is 4.74 Å². The Labute approximate surface area is 87.6 Å². The van der Waals surface area contributed by atoms with Gasteiger partial charge in [0.2, 0.25) is 0 Å². The molecule has 1 rings (SSSR count). The van der Waals surface area contributed by atoms with Crippen LogP contribution in [0.4, 0.5) is 0 Å². The van der Waals surface area contributed by atoms with Crippen LogP contribution in [0.2, 0.25) is 5.02 Å². The maximum Gasteiger partial charge on any atom is 0.159 e. The largest absolute Gasteiger partial charge is 0.501 e. The van der Waals surface area contributed by atoms with E-state index in [2.05, 4.69) is 4.98 Å².